The van der Waals surface area contributed by atoms with Crippen LogP contribution in [0, 0.1) is 11.3 Å². The molecule has 1 aromatic carbocycles. The Morgan fingerprint density at radius 2 is 1.96 bits per heavy atom. The molecule has 0 heterocycles. The van der Waals surface area contributed by atoms with Gasteiger partial charge in [-0.15, -0.1) is 0 Å². The van der Waals surface area contributed by atoms with Crippen molar-refractivity contribution in [3.63, 3.8) is 0 Å². The van der Waals surface area contributed by atoms with Gasteiger partial charge in [-0.1, -0.05) is 12.1 Å². The number of amides is 1. The summed E-state index contributed by atoms with van der Waals surface area (Å²) in [6.07, 6.45) is 2.78. The second-order valence-corrected chi connectivity index (χ2v) is 5.40. The largest absolute Gasteiger partial charge is 0.452 e. The van der Waals surface area contributed by atoms with Crippen molar-refractivity contribution in [2.45, 2.75) is 37.8 Å². The van der Waals surface area contributed by atoms with Crippen LogP contribution in [0.15, 0.2) is 24.3 Å². The van der Waals surface area contributed by atoms with Gasteiger partial charge in [-0.05, 0) is 37.8 Å². The van der Waals surface area contributed by atoms with Gasteiger partial charge in [0.25, 0.3) is 5.91 Å². The number of hydrogen-bond donors (Lipinski definition) is 1. The smallest absolute Gasteiger partial charge is 0.387 e. The summed E-state index contributed by atoms with van der Waals surface area (Å²) in [6.45, 7) is -3.69. The molecule has 1 saturated carbocycles. The zero-order valence-electron chi connectivity index (χ0n) is 12.8. The summed E-state index contributed by atoms with van der Waals surface area (Å²) >= 11 is 0. The SMILES string of the molecule is N#CC1(NC(=O)COC(=O)c2ccccc2OC(F)F)CCCC1. The van der Waals surface area contributed by atoms with Crippen molar-refractivity contribution in [2.75, 3.05) is 6.61 Å². The average Bonchev–Trinajstić information content (AvgIpc) is 3.01. The number of hydrogen-bond acceptors (Lipinski definition) is 5. The van der Waals surface area contributed by atoms with Crippen molar-refractivity contribution >= 4 is 11.9 Å². The number of nitrogens with zero attached hydrogens (tertiary/aromatic N) is 1. The summed E-state index contributed by atoms with van der Waals surface area (Å²) in [4.78, 5) is 23.8. The van der Waals surface area contributed by atoms with E-state index in [4.69, 9.17) is 4.74 Å². The topological polar surface area (TPSA) is 88.4 Å². The Labute approximate surface area is 137 Å². The molecule has 0 aromatic heterocycles. The van der Waals surface area contributed by atoms with E-state index in [-0.39, 0.29) is 11.3 Å². The highest BCUT2D eigenvalue weighted by Gasteiger charge is 2.35. The van der Waals surface area contributed by atoms with Crippen LogP contribution in [0.25, 0.3) is 0 Å². The van der Waals surface area contributed by atoms with Gasteiger partial charge in [0.1, 0.15) is 16.9 Å². The van der Waals surface area contributed by atoms with Crippen LogP contribution in [0.3, 0.4) is 0 Å². The van der Waals surface area contributed by atoms with E-state index in [1.807, 2.05) is 0 Å². The van der Waals surface area contributed by atoms with Gasteiger partial charge in [-0.25, -0.2) is 4.79 Å². The van der Waals surface area contributed by atoms with E-state index < -0.39 is 30.6 Å². The molecule has 128 valence electrons. The van der Waals surface area contributed by atoms with Crippen molar-refractivity contribution in [2.24, 2.45) is 0 Å². The van der Waals surface area contributed by atoms with E-state index in [0.29, 0.717) is 12.8 Å². The maximum absolute atomic E-state index is 12.3. The van der Waals surface area contributed by atoms with Crippen molar-refractivity contribution in [1.29, 1.82) is 5.26 Å². The van der Waals surface area contributed by atoms with Crippen LogP contribution in [-0.4, -0.2) is 30.6 Å². The van der Waals surface area contributed by atoms with Gasteiger partial charge in [0.15, 0.2) is 6.61 Å². The van der Waals surface area contributed by atoms with Crippen LogP contribution in [-0.2, 0) is 9.53 Å². The molecule has 1 aliphatic rings. The normalized spacial score (nSPS) is 15.6. The van der Waals surface area contributed by atoms with Crippen molar-refractivity contribution in [3.8, 4) is 11.8 Å². The Morgan fingerprint density at radius 3 is 2.58 bits per heavy atom. The number of nitriles is 1. The third-order valence-electron chi connectivity index (χ3n) is 3.71. The van der Waals surface area contributed by atoms with E-state index in [1.165, 1.54) is 24.3 Å². The Hall–Kier alpha value is -2.69. The van der Waals surface area contributed by atoms with E-state index in [0.717, 1.165) is 12.8 Å². The molecular formula is C16H16F2N2O4. The maximum atomic E-state index is 12.3. The Balaban J connectivity index is 1.94. The van der Waals surface area contributed by atoms with Crippen LogP contribution in [0.4, 0.5) is 8.78 Å². The van der Waals surface area contributed by atoms with Crippen LogP contribution in [0.2, 0.25) is 0 Å². The van der Waals surface area contributed by atoms with E-state index in [9.17, 15) is 23.6 Å². The van der Waals surface area contributed by atoms with Crippen LogP contribution < -0.4 is 10.1 Å². The Morgan fingerprint density at radius 1 is 1.29 bits per heavy atom. The van der Waals surface area contributed by atoms with E-state index in [2.05, 4.69) is 16.1 Å². The molecule has 2 rings (SSSR count). The molecule has 1 N–H and O–H groups in total. The lowest BCUT2D eigenvalue weighted by molar-refractivity contribution is -0.125. The molecule has 1 aromatic rings. The van der Waals surface area contributed by atoms with Gasteiger partial charge in [-0.3, -0.25) is 4.79 Å². The predicted octanol–water partition coefficient (Wildman–Crippen LogP) is 2.40. The van der Waals surface area contributed by atoms with Gasteiger partial charge >= 0.3 is 12.6 Å². The molecule has 0 aliphatic heterocycles. The summed E-state index contributed by atoms with van der Waals surface area (Å²) in [6, 6.07) is 7.42. The molecular weight excluding hydrogens is 322 g/mol. The van der Waals surface area contributed by atoms with E-state index in [1.54, 1.807) is 0 Å². The lowest BCUT2D eigenvalue weighted by atomic mass is 10.00. The van der Waals surface area contributed by atoms with Crippen molar-refractivity contribution < 1.29 is 27.8 Å². The minimum absolute atomic E-state index is 0.207. The van der Waals surface area contributed by atoms with Crippen molar-refractivity contribution in [1.82, 2.24) is 5.32 Å². The number of rotatable bonds is 6. The summed E-state index contributed by atoms with van der Waals surface area (Å²) in [5.74, 6) is -1.90. The minimum Gasteiger partial charge on any atom is -0.452 e. The number of ether oxygens (including phenoxy) is 2. The molecule has 1 aliphatic carbocycles. The van der Waals surface area contributed by atoms with Crippen molar-refractivity contribution in [3.05, 3.63) is 29.8 Å². The molecule has 0 bridgehead atoms. The second-order valence-electron chi connectivity index (χ2n) is 5.40. The first kappa shape index (κ1) is 17.7. The van der Waals surface area contributed by atoms with E-state index >= 15 is 0 Å². The molecule has 0 atom stereocenters. The number of carbonyl (C=O) groups is 2. The average molecular weight is 338 g/mol. The molecule has 1 fully saturated rings. The zero-order valence-corrected chi connectivity index (χ0v) is 12.8. The van der Waals surface area contributed by atoms with Crippen LogP contribution in [0.5, 0.6) is 5.75 Å². The third-order valence-corrected chi connectivity index (χ3v) is 3.71. The van der Waals surface area contributed by atoms with Gasteiger partial charge < -0.3 is 14.8 Å². The lowest BCUT2D eigenvalue weighted by Crippen LogP contribution is -2.46. The number of carbonyl (C=O) groups excluding carboxylic acids is 2. The quantitative estimate of drug-likeness (QED) is 0.805. The maximum Gasteiger partial charge on any atom is 0.387 e. The standard InChI is InChI=1S/C16H16F2N2O4/c17-15(18)24-12-6-2-1-5-11(12)14(22)23-9-13(21)20-16(10-19)7-3-4-8-16/h1-2,5-6,15H,3-4,7-9H2,(H,20,21). The molecule has 0 saturated heterocycles. The molecule has 0 spiro atoms. The van der Waals surface area contributed by atoms with Gasteiger partial charge in [0, 0.05) is 0 Å². The second kappa shape index (κ2) is 7.73. The van der Waals surface area contributed by atoms with Gasteiger partial charge in [0.05, 0.1) is 6.07 Å². The highest BCUT2D eigenvalue weighted by atomic mass is 19.3. The molecule has 8 heteroatoms. The number of benzene rings is 1. The number of para-hydroxylation sites is 1. The van der Waals surface area contributed by atoms with Crippen LogP contribution in [0.1, 0.15) is 36.0 Å². The summed E-state index contributed by atoms with van der Waals surface area (Å²) in [5, 5.41) is 11.7. The predicted molar refractivity (Wildman–Crippen MR) is 78.3 cm³/mol. The molecule has 6 nitrogen and oxygen atoms in total. The fourth-order valence-corrected chi connectivity index (χ4v) is 2.59. The summed E-state index contributed by atoms with van der Waals surface area (Å²) < 4.78 is 33.7. The first-order valence-corrected chi connectivity index (χ1v) is 7.39. The van der Waals surface area contributed by atoms with Crippen LogP contribution >= 0.6 is 0 Å². The number of esters is 1. The fraction of sp³-hybridized carbons (Fsp3) is 0.438. The number of nitrogens with one attached hydrogen (secondary N) is 1. The Kier molecular flexibility index (Phi) is 5.68. The number of alkyl halides is 2. The first-order valence-electron chi connectivity index (χ1n) is 7.39. The molecule has 1 amide bonds. The summed E-state index contributed by atoms with van der Waals surface area (Å²) in [5.41, 5.74) is -1.12. The monoisotopic (exact) mass is 338 g/mol. The lowest BCUT2D eigenvalue weighted by Gasteiger charge is -2.21. The third kappa shape index (κ3) is 4.41. The minimum atomic E-state index is -3.08. The van der Waals surface area contributed by atoms with Gasteiger partial charge in [0.2, 0.25) is 0 Å². The fourth-order valence-electron chi connectivity index (χ4n) is 2.59. The molecule has 0 unspecified atom stereocenters. The first-order chi connectivity index (χ1) is 11.5. The molecule has 24 heavy (non-hydrogen) atoms. The highest BCUT2D eigenvalue weighted by Crippen LogP contribution is 2.28. The Bertz CT molecular complexity index is 652. The highest BCUT2D eigenvalue weighted by molar-refractivity contribution is 5.94. The molecule has 0 radical (unpaired) electrons. The number of halogens is 2. The summed E-state index contributed by atoms with van der Waals surface area (Å²) in [7, 11) is 0. The zero-order chi connectivity index (χ0) is 17.6. The van der Waals surface area contributed by atoms with Gasteiger partial charge in [-0.2, -0.15) is 14.0 Å².